The topological polar surface area (TPSA) is 38.8 Å². The number of unbranched alkanes of at least 4 members (excludes halogenated alkanes) is 1. The van der Waals surface area contributed by atoms with Crippen LogP contribution in [0.4, 0.5) is 0 Å². The molecule has 126 valence electrons. The highest BCUT2D eigenvalue weighted by atomic mass is 32.2. The highest BCUT2D eigenvalue weighted by Gasteiger charge is 2.34. The first-order chi connectivity index (χ1) is 11.2. The Morgan fingerprint density at radius 3 is 2.96 bits per heavy atom. The van der Waals surface area contributed by atoms with Gasteiger partial charge >= 0.3 is 0 Å². The maximum atomic E-state index is 13.0. The molecule has 2 heterocycles. The molecule has 0 bridgehead atoms. The van der Waals surface area contributed by atoms with Crippen LogP contribution in [0, 0.1) is 5.92 Å². The number of hydrogen-bond acceptors (Lipinski definition) is 4. The van der Waals surface area contributed by atoms with E-state index >= 15 is 0 Å². The zero-order valence-corrected chi connectivity index (χ0v) is 14.7. The van der Waals surface area contributed by atoms with Gasteiger partial charge in [-0.15, -0.1) is 11.8 Å². The van der Waals surface area contributed by atoms with E-state index < -0.39 is 0 Å². The number of carbonyl (C=O) groups excluding carboxylic acids is 1. The fourth-order valence-electron chi connectivity index (χ4n) is 3.23. The summed E-state index contributed by atoms with van der Waals surface area (Å²) in [5, 5.41) is 0.104. The molecule has 0 aliphatic carbocycles. The van der Waals surface area contributed by atoms with Crippen LogP contribution in [0.2, 0.25) is 0 Å². The highest BCUT2D eigenvalue weighted by molar-refractivity contribution is 7.99. The zero-order valence-electron chi connectivity index (χ0n) is 13.9. The lowest BCUT2D eigenvalue weighted by molar-refractivity contribution is -0.136. The third-order valence-corrected chi connectivity index (χ3v) is 5.86. The summed E-state index contributed by atoms with van der Waals surface area (Å²) in [5.41, 5.74) is 1.13. The van der Waals surface area contributed by atoms with Gasteiger partial charge in [0, 0.05) is 18.2 Å². The number of benzene rings is 1. The maximum Gasteiger partial charge on any atom is 0.231 e. The Balaban J connectivity index is 1.75. The van der Waals surface area contributed by atoms with Crippen molar-refractivity contribution < 1.29 is 14.3 Å². The number of ether oxygens (including phenoxy) is 2. The smallest absolute Gasteiger partial charge is 0.231 e. The average molecular weight is 335 g/mol. The van der Waals surface area contributed by atoms with E-state index in [0.29, 0.717) is 5.91 Å². The fraction of sp³-hybridized carbons (Fsp3) is 0.611. The second-order valence-electron chi connectivity index (χ2n) is 6.11. The van der Waals surface area contributed by atoms with Crippen molar-refractivity contribution in [2.24, 2.45) is 5.92 Å². The molecular weight excluding hydrogens is 310 g/mol. The summed E-state index contributed by atoms with van der Waals surface area (Å²) in [4.78, 5) is 15.0. The summed E-state index contributed by atoms with van der Waals surface area (Å²) in [6.45, 7) is 5.43. The van der Waals surface area contributed by atoms with Gasteiger partial charge in [-0.3, -0.25) is 4.79 Å². The van der Waals surface area contributed by atoms with Crippen molar-refractivity contribution in [3.63, 3.8) is 0 Å². The van der Waals surface area contributed by atoms with Crippen LogP contribution in [0.5, 0.6) is 11.5 Å². The predicted molar refractivity (Wildman–Crippen MR) is 92.8 cm³/mol. The molecule has 1 saturated heterocycles. The fourth-order valence-corrected chi connectivity index (χ4v) is 4.48. The normalized spacial score (nSPS) is 20.8. The number of carbonyl (C=O) groups is 1. The van der Waals surface area contributed by atoms with Crippen LogP contribution in [0.25, 0.3) is 0 Å². The van der Waals surface area contributed by atoms with Gasteiger partial charge in [-0.2, -0.15) is 0 Å². The molecule has 2 aliphatic rings. The average Bonchev–Trinajstić information content (AvgIpc) is 3.23. The molecule has 0 unspecified atom stereocenters. The lowest BCUT2D eigenvalue weighted by atomic mass is 9.97. The number of hydrogen-bond donors (Lipinski definition) is 0. The van der Waals surface area contributed by atoms with Crippen molar-refractivity contribution in [3.05, 3.63) is 23.8 Å². The molecule has 0 N–H and O–H groups in total. The Morgan fingerprint density at radius 1 is 1.35 bits per heavy atom. The molecule has 2 aliphatic heterocycles. The first kappa shape index (κ1) is 16.5. The summed E-state index contributed by atoms with van der Waals surface area (Å²) in [6, 6.07) is 6.04. The SMILES string of the molecule is CCCC[C@H](CC)C(=O)N1CCS[C@@H]1c1ccc2c(c1)OCO2. The van der Waals surface area contributed by atoms with Crippen LogP contribution >= 0.6 is 11.8 Å². The lowest BCUT2D eigenvalue weighted by Crippen LogP contribution is -2.35. The zero-order chi connectivity index (χ0) is 16.2. The molecule has 23 heavy (non-hydrogen) atoms. The van der Waals surface area contributed by atoms with Gasteiger partial charge < -0.3 is 14.4 Å². The highest BCUT2D eigenvalue weighted by Crippen LogP contribution is 2.43. The second kappa shape index (κ2) is 7.47. The van der Waals surface area contributed by atoms with Crippen molar-refractivity contribution in [2.45, 2.75) is 44.9 Å². The summed E-state index contributed by atoms with van der Waals surface area (Å²) >= 11 is 1.84. The van der Waals surface area contributed by atoms with Crippen molar-refractivity contribution in [3.8, 4) is 11.5 Å². The van der Waals surface area contributed by atoms with E-state index in [0.717, 1.165) is 55.0 Å². The van der Waals surface area contributed by atoms with Gasteiger partial charge in [0.05, 0.1) is 0 Å². The molecule has 0 radical (unpaired) electrons. The third-order valence-electron chi connectivity index (χ3n) is 4.60. The van der Waals surface area contributed by atoms with Crippen molar-refractivity contribution in [2.75, 3.05) is 19.1 Å². The molecule has 4 nitrogen and oxygen atoms in total. The molecular formula is C18H25NO3S. The van der Waals surface area contributed by atoms with E-state index in [9.17, 15) is 4.79 Å². The van der Waals surface area contributed by atoms with Crippen molar-refractivity contribution >= 4 is 17.7 Å². The molecule has 3 rings (SSSR count). The van der Waals surface area contributed by atoms with Gasteiger partial charge in [0.15, 0.2) is 11.5 Å². The minimum absolute atomic E-state index is 0.104. The molecule has 5 heteroatoms. The van der Waals surface area contributed by atoms with Gasteiger partial charge in [0.2, 0.25) is 12.7 Å². The minimum Gasteiger partial charge on any atom is -0.454 e. The Bertz CT molecular complexity index is 563. The van der Waals surface area contributed by atoms with E-state index in [-0.39, 0.29) is 18.1 Å². The Kier molecular flexibility index (Phi) is 5.36. The third kappa shape index (κ3) is 3.44. The number of amides is 1. The largest absolute Gasteiger partial charge is 0.454 e. The van der Waals surface area contributed by atoms with Gasteiger partial charge in [0.25, 0.3) is 0 Å². The standard InChI is InChI=1S/C18H25NO3S/c1-3-5-6-13(4-2)17(20)19-9-10-23-18(19)14-7-8-15-16(11-14)22-12-21-15/h7-8,11,13,18H,3-6,9-10,12H2,1-2H3/t13-,18+/m0/s1. The quantitative estimate of drug-likeness (QED) is 0.781. The van der Waals surface area contributed by atoms with Crippen LogP contribution in [-0.2, 0) is 4.79 Å². The Labute approximate surface area is 142 Å². The first-order valence-electron chi connectivity index (χ1n) is 8.56. The summed E-state index contributed by atoms with van der Waals surface area (Å²) in [6.07, 6.45) is 4.19. The number of thioether (sulfide) groups is 1. The van der Waals surface area contributed by atoms with Crippen molar-refractivity contribution in [1.82, 2.24) is 4.90 Å². The maximum absolute atomic E-state index is 13.0. The first-order valence-corrected chi connectivity index (χ1v) is 9.61. The van der Waals surface area contributed by atoms with E-state index in [4.69, 9.17) is 9.47 Å². The molecule has 1 aromatic carbocycles. The lowest BCUT2D eigenvalue weighted by Gasteiger charge is -2.28. The number of fused-ring (bicyclic) bond motifs is 1. The van der Waals surface area contributed by atoms with Crippen LogP contribution < -0.4 is 9.47 Å². The Morgan fingerprint density at radius 2 is 2.17 bits per heavy atom. The predicted octanol–water partition coefficient (Wildman–Crippen LogP) is 4.21. The van der Waals surface area contributed by atoms with E-state index in [1.165, 1.54) is 0 Å². The number of nitrogens with zero attached hydrogens (tertiary/aromatic N) is 1. The molecule has 1 amide bonds. The molecule has 0 spiro atoms. The molecule has 1 aromatic rings. The minimum atomic E-state index is 0.104. The molecule has 1 fully saturated rings. The van der Waals surface area contributed by atoms with Gasteiger partial charge in [0.1, 0.15) is 5.37 Å². The summed E-state index contributed by atoms with van der Waals surface area (Å²) < 4.78 is 10.9. The molecule has 2 atom stereocenters. The molecule has 0 saturated carbocycles. The van der Waals surface area contributed by atoms with E-state index in [1.54, 1.807) is 0 Å². The van der Waals surface area contributed by atoms with Crippen LogP contribution in [0.3, 0.4) is 0 Å². The van der Waals surface area contributed by atoms with E-state index in [1.807, 2.05) is 23.9 Å². The second-order valence-corrected chi connectivity index (χ2v) is 7.30. The summed E-state index contributed by atoms with van der Waals surface area (Å²) in [7, 11) is 0. The van der Waals surface area contributed by atoms with Crippen molar-refractivity contribution in [1.29, 1.82) is 0 Å². The van der Waals surface area contributed by atoms with Crippen LogP contribution in [0.15, 0.2) is 18.2 Å². The monoisotopic (exact) mass is 335 g/mol. The number of rotatable bonds is 6. The van der Waals surface area contributed by atoms with Gasteiger partial charge in [-0.05, 0) is 30.5 Å². The summed E-state index contributed by atoms with van der Waals surface area (Å²) in [5.74, 6) is 3.05. The van der Waals surface area contributed by atoms with Crippen LogP contribution in [-0.4, -0.2) is 29.9 Å². The van der Waals surface area contributed by atoms with Gasteiger partial charge in [-0.25, -0.2) is 0 Å². The van der Waals surface area contributed by atoms with Gasteiger partial charge in [-0.1, -0.05) is 32.8 Å². The Hall–Kier alpha value is -1.36. The van der Waals surface area contributed by atoms with Crippen LogP contribution in [0.1, 0.15) is 50.5 Å². The van der Waals surface area contributed by atoms with E-state index in [2.05, 4.69) is 24.8 Å². The molecule has 0 aromatic heterocycles.